The van der Waals surface area contributed by atoms with Crippen molar-refractivity contribution in [1.82, 2.24) is 0 Å². The van der Waals surface area contributed by atoms with Crippen molar-refractivity contribution in [1.29, 1.82) is 0 Å². The smallest absolute Gasteiger partial charge is 0.342 e. The minimum Gasteiger partial charge on any atom is -0.507 e. The largest absolute Gasteiger partial charge is 0.507 e. The third-order valence-electron chi connectivity index (χ3n) is 5.46. The summed E-state index contributed by atoms with van der Waals surface area (Å²) in [7, 11) is 0. The monoisotopic (exact) mass is 424 g/mol. The highest BCUT2D eigenvalue weighted by atomic mass is 32.2. The van der Waals surface area contributed by atoms with Gasteiger partial charge in [-0.25, -0.2) is 4.79 Å². The Hall–Kier alpha value is -1.70. The Kier molecular flexibility index (Phi) is 9.33. The molecule has 3 N–H and O–H groups in total. The zero-order valence-electron chi connectivity index (χ0n) is 18.4. The Balaban J connectivity index is 2.48. The maximum Gasteiger partial charge on any atom is 0.342 e. The molecule has 2 aromatic rings. The molecule has 0 bridgehead atoms. The topological polar surface area (TPSA) is 68.5 Å². The fourth-order valence-electron chi connectivity index (χ4n) is 3.49. The number of fused-ring (bicyclic) bond motifs is 1. The molecule has 6 nitrogen and oxygen atoms in total. The standard InChI is InChI=1S/C22H34N2O4S/c1-6-23(7-2)13-16-17(25)11-12-18-20(16)21(22(26)27-10-5)19(28-18)14-29-15-24(8-3)9-4/h11-12,25H,6-10,13-15H2,1-5H3/p+2. The predicted octanol–water partition coefficient (Wildman–Crippen LogP) is 1.86. The summed E-state index contributed by atoms with van der Waals surface area (Å²) in [5.74, 6) is 2.02. The lowest BCUT2D eigenvalue weighted by atomic mass is 10.0. The van der Waals surface area contributed by atoms with Gasteiger partial charge in [-0.15, -0.1) is 0 Å². The Morgan fingerprint density at radius 2 is 1.72 bits per heavy atom. The Morgan fingerprint density at radius 3 is 2.31 bits per heavy atom. The summed E-state index contributed by atoms with van der Waals surface area (Å²) in [4.78, 5) is 15.7. The number of benzene rings is 1. The van der Waals surface area contributed by atoms with Crippen LogP contribution in [0.4, 0.5) is 0 Å². The number of carbonyl (C=O) groups excluding carboxylic acids is 1. The minimum absolute atomic E-state index is 0.204. The summed E-state index contributed by atoms with van der Waals surface area (Å²) < 4.78 is 11.5. The van der Waals surface area contributed by atoms with Crippen LogP contribution in [0.2, 0.25) is 0 Å². The molecule has 0 saturated carbocycles. The highest BCUT2D eigenvalue weighted by Gasteiger charge is 2.27. The first kappa shape index (κ1) is 23.6. The Morgan fingerprint density at radius 1 is 1.07 bits per heavy atom. The van der Waals surface area contributed by atoms with Crippen molar-refractivity contribution in [3.05, 3.63) is 29.0 Å². The van der Waals surface area contributed by atoms with E-state index in [1.165, 1.54) is 9.80 Å². The molecule has 29 heavy (non-hydrogen) atoms. The highest BCUT2D eigenvalue weighted by molar-refractivity contribution is 7.98. The Bertz CT molecular complexity index is 798. The van der Waals surface area contributed by atoms with Crippen LogP contribution >= 0.6 is 11.8 Å². The number of hydrogen-bond donors (Lipinski definition) is 3. The number of esters is 1. The third-order valence-corrected chi connectivity index (χ3v) is 6.54. The van der Waals surface area contributed by atoms with Crippen molar-refractivity contribution in [2.24, 2.45) is 0 Å². The molecule has 0 aliphatic carbocycles. The van der Waals surface area contributed by atoms with E-state index in [0.717, 1.165) is 37.6 Å². The lowest BCUT2D eigenvalue weighted by Crippen LogP contribution is -3.10. The SMILES string of the molecule is CCOC(=O)c1c(CSC[NH+](CC)CC)oc2ccc(O)c(C[NH+](CC)CC)c12. The zero-order chi connectivity index (χ0) is 21.4. The normalized spacial score (nSPS) is 11.7. The molecular weight excluding hydrogens is 388 g/mol. The number of thioether (sulfide) groups is 1. The van der Waals surface area contributed by atoms with E-state index in [0.29, 0.717) is 41.2 Å². The van der Waals surface area contributed by atoms with Gasteiger partial charge in [0.25, 0.3) is 0 Å². The molecule has 162 valence electrons. The van der Waals surface area contributed by atoms with E-state index in [9.17, 15) is 9.90 Å². The number of carbonyl (C=O) groups is 1. The molecule has 0 saturated heterocycles. The van der Waals surface area contributed by atoms with Gasteiger partial charge in [0.15, 0.2) is 0 Å². The lowest BCUT2D eigenvalue weighted by Gasteiger charge is -2.17. The maximum atomic E-state index is 12.9. The van der Waals surface area contributed by atoms with Crippen LogP contribution < -0.4 is 9.80 Å². The maximum absolute atomic E-state index is 12.9. The second-order valence-electron chi connectivity index (χ2n) is 7.14. The molecule has 1 aromatic heterocycles. The first-order valence-corrected chi connectivity index (χ1v) is 11.8. The van der Waals surface area contributed by atoms with Gasteiger partial charge in [-0.1, -0.05) is 11.8 Å². The van der Waals surface area contributed by atoms with Crippen molar-refractivity contribution < 1.29 is 28.9 Å². The molecule has 7 heteroatoms. The number of aromatic hydroxyl groups is 1. The van der Waals surface area contributed by atoms with E-state index >= 15 is 0 Å². The van der Waals surface area contributed by atoms with Crippen molar-refractivity contribution in [2.45, 2.75) is 46.9 Å². The van der Waals surface area contributed by atoms with Gasteiger partial charge < -0.3 is 24.1 Å². The van der Waals surface area contributed by atoms with Crippen LogP contribution in [0.3, 0.4) is 0 Å². The van der Waals surface area contributed by atoms with Gasteiger partial charge in [0.05, 0.1) is 44.1 Å². The molecule has 2 rings (SSSR count). The van der Waals surface area contributed by atoms with Crippen LogP contribution in [-0.2, 0) is 17.0 Å². The van der Waals surface area contributed by atoms with Crippen LogP contribution in [0.15, 0.2) is 16.5 Å². The minimum atomic E-state index is -0.376. The van der Waals surface area contributed by atoms with Crippen LogP contribution in [0.25, 0.3) is 11.0 Å². The van der Waals surface area contributed by atoms with E-state index in [4.69, 9.17) is 9.15 Å². The molecule has 0 radical (unpaired) electrons. The summed E-state index contributed by atoms with van der Waals surface area (Å²) in [6.45, 7) is 15.3. The summed E-state index contributed by atoms with van der Waals surface area (Å²) in [5, 5.41) is 11.3. The average molecular weight is 425 g/mol. The van der Waals surface area contributed by atoms with Gasteiger partial charge >= 0.3 is 5.97 Å². The zero-order valence-corrected chi connectivity index (χ0v) is 19.2. The first-order valence-electron chi connectivity index (χ1n) is 10.7. The summed E-state index contributed by atoms with van der Waals surface area (Å²) in [6.07, 6.45) is 0. The van der Waals surface area contributed by atoms with Gasteiger partial charge in [0.2, 0.25) is 0 Å². The first-order chi connectivity index (χ1) is 14.0. The number of phenolic OH excluding ortho intramolecular Hbond substituents is 1. The number of quaternary nitrogens is 2. The Labute approximate surface area is 178 Å². The second-order valence-corrected chi connectivity index (χ2v) is 8.13. The number of rotatable bonds is 12. The summed E-state index contributed by atoms with van der Waals surface area (Å²) >= 11 is 1.76. The van der Waals surface area contributed by atoms with Crippen LogP contribution in [0.1, 0.15) is 56.3 Å². The van der Waals surface area contributed by atoms with Crippen LogP contribution in [0.5, 0.6) is 5.75 Å². The van der Waals surface area contributed by atoms with E-state index in [1.54, 1.807) is 30.8 Å². The van der Waals surface area contributed by atoms with Crippen molar-refractivity contribution >= 4 is 28.7 Å². The molecule has 1 aromatic carbocycles. The van der Waals surface area contributed by atoms with Gasteiger partial charge in [0, 0.05) is 5.39 Å². The molecule has 0 amide bonds. The second kappa shape index (κ2) is 11.5. The molecule has 0 atom stereocenters. The number of ether oxygens (including phenoxy) is 1. The van der Waals surface area contributed by atoms with E-state index in [-0.39, 0.29) is 11.7 Å². The molecule has 0 spiro atoms. The molecular formula is C22H36N2O4S+2. The molecule has 0 aliphatic heterocycles. The fraction of sp³-hybridized carbons (Fsp3) is 0.591. The fourth-order valence-corrected chi connectivity index (χ4v) is 4.68. The highest BCUT2D eigenvalue weighted by Crippen LogP contribution is 2.35. The van der Waals surface area contributed by atoms with Gasteiger partial charge in [-0.3, -0.25) is 0 Å². The van der Waals surface area contributed by atoms with Gasteiger partial charge in [0.1, 0.15) is 35.1 Å². The lowest BCUT2D eigenvalue weighted by molar-refractivity contribution is -0.910. The van der Waals surface area contributed by atoms with Gasteiger partial charge in [-0.2, -0.15) is 0 Å². The average Bonchev–Trinajstić information content (AvgIpc) is 3.09. The van der Waals surface area contributed by atoms with Gasteiger partial charge in [-0.05, 0) is 46.8 Å². The van der Waals surface area contributed by atoms with Crippen molar-refractivity contribution in [3.63, 3.8) is 0 Å². The van der Waals surface area contributed by atoms with E-state index < -0.39 is 0 Å². The number of furan rings is 1. The van der Waals surface area contributed by atoms with E-state index in [1.807, 2.05) is 0 Å². The number of hydrogen-bond acceptors (Lipinski definition) is 5. The third kappa shape index (κ3) is 5.68. The van der Waals surface area contributed by atoms with Crippen molar-refractivity contribution in [2.75, 3.05) is 38.7 Å². The van der Waals surface area contributed by atoms with E-state index in [2.05, 4.69) is 27.7 Å². The predicted molar refractivity (Wildman–Crippen MR) is 118 cm³/mol. The van der Waals surface area contributed by atoms with Crippen molar-refractivity contribution in [3.8, 4) is 5.75 Å². The summed E-state index contributed by atoms with van der Waals surface area (Å²) in [5.41, 5.74) is 1.87. The summed E-state index contributed by atoms with van der Waals surface area (Å²) in [6, 6.07) is 3.41. The molecule has 0 unspecified atom stereocenters. The van der Waals surface area contributed by atoms with Crippen LogP contribution in [0, 0.1) is 0 Å². The molecule has 0 aliphatic rings. The molecule has 1 heterocycles. The number of nitrogens with one attached hydrogen (secondary N) is 2. The number of phenols is 1. The molecule has 0 fully saturated rings. The van der Waals surface area contributed by atoms with Crippen LogP contribution in [-0.4, -0.2) is 49.7 Å². The quantitative estimate of drug-likeness (QED) is 0.358.